The maximum absolute atomic E-state index is 12.5. The number of hydrogen-bond acceptors (Lipinski definition) is 6. The standard InChI is InChI=1S/C23H22ClN5O2S/c1-14(20-25-19-7-3-2-6-18(19)22(30)26-20)32-23-28-27-21(15-8-10-16(24)11-9-15)29(23)13-17-5-4-12-31-17/h2-3,6-11,14,17H,4-5,12-13H2,1H3,(H,25,26,30). The molecule has 0 aliphatic carbocycles. The fourth-order valence-corrected chi connectivity index (χ4v) is 4.90. The Morgan fingerprint density at radius 1 is 1.22 bits per heavy atom. The molecule has 0 bridgehead atoms. The molecule has 5 rings (SSSR count). The number of aromatic amines is 1. The highest BCUT2D eigenvalue weighted by molar-refractivity contribution is 7.99. The van der Waals surface area contributed by atoms with Gasteiger partial charge in [0.2, 0.25) is 0 Å². The lowest BCUT2D eigenvalue weighted by molar-refractivity contribution is 0.0953. The first-order valence-electron chi connectivity index (χ1n) is 10.5. The van der Waals surface area contributed by atoms with Crippen LogP contribution in [0.4, 0.5) is 0 Å². The molecule has 0 amide bonds. The second kappa shape index (κ2) is 9.05. The van der Waals surface area contributed by atoms with E-state index in [9.17, 15) is 4.79 Å². The maximum Gasteiger partial charge on any atom is 0.258 e. The van der Waals surface area contributed by atoms with Crippen molar-refractivity contribution in [2.24, 2.45) is 0 Å². The normalized spacial score (nSPS) is 17.1. The van der Waals surface area contributed by atoms with Gasteiger partial charge in [-0.05, 0) is 56.2 Å². The van der Waals surface area contributed by atoms with Crippen LogP contribution < -0.4 is 5.56 Å². The zero-order chi connectivity index (χ0) is 22.1. The minimum absolute atomic E-state index is 0.127. The molecule has 9 heteroatoms. The maximum atomic E-state index is 12.5. The first-order chi connectivity index (χ1) is 15.6. The van der Waals surface area contributed by atoms with E-state index in [2.05, 4.69) is 24.7 Å². The first kappa shape index (κ1) is 21.2. The van der Waals surface area contributed by atoms with Crippen molar-refractivity contribution in [1.29, 1.82) is 0 Å². The monoisotopic (exact) mass is 467 g/mol. The third-order valence-corrected chi connectivity index (χ3v) is 6.87. The third-order valence-electron chi connectivity index (χ3n) is 5.53. The molecule has 1 fully saturated rings. The van der Waals surface area contributed by atoms with Crippen molar-refractivity contribution in [1.82, 2.24) is 24.7 Å². The van der Waals surface area contributed by atoms with Gasteiger partial charge in [-0.1, -0.05) is 35.5 Å². The van der Waals surface area contributed by atoms with Gasteiger partial charge in [-0.25, -0.2) is 4.98 Å². The highest BCUT2D eigenvalue weighted by Crippen LogP contribution is 2.35. The molecule has 2 atom stereocenters. The predicted molar refractivity (Wildman–Crippen MR) is 126 cm³/mol. The first-order valence-corrected chi connectivity index (χ1v) is 11.8. The molecule has 0 spiro atoms. The van der Waals surface area contributed by atoms with Crippen molar-refractivity contribution in [2.75, 3.05) is 6.61 Å². The number of thioether (sulfide) groups is 1. The number of fused-ring (bicyclic) bond motifs is 1. The summed E-state index contributed by atoms with van der Waals surface area (Å²) in [5.41, 5.74) is 1.48. The van der Waals surface area contributed by atoms with Crippen LogP contribution >= 0.6 is 23.4 Å². The predicted octanol–water partition coefficient (Wildman–Crippen LogP) is 4.87. The van der Waals surface area contributed by atoms with Crippen molar-refractivity contribution < 1.29 is 4.74 Å². The lowest BCUT2D eigenvalue weighted by Crippen LogP contribution is -2.17. The highest BCUT2D eigenvalue weighted by atomic mass is 35.5. The molecular weight excluding hydrogens is 446 g/mol. The minimum atomic E-state index is -0.138. The van der Waals surface area contributed by atoms with Crippen molar-refractivity contribution in [3.63, 3.8) is 0 Å². The molecule has 1 aliphatic heterocycles. The van der Waals surface area contributed by atoms with E-state index < -0.39 is 0 Å². The van der Waals surface area contributed by atoms with Crippen molar-refractivity contribution >= 4 is 34.3 Å². The Kier molecular flexibility index (Phi) is 5.99. The topological polar surface area (TPSA) is 85.7 Å². The molecule has 3 heterocycles. The number of hydrogen-bond donors (Lipinski definition) is 1. The van der Waals surface area contributed by atoms with Crippen LogP contribution in [0, 0.1) is 0 Å². The van der Waals surface area contributed by atoms with Gasteiger partial charge in [0.05, 0.1) is 28.8 Å². The average Bonchev–Trinajstić information content (AvgIpc) is 3.45. The third kappa shape index (κ3) is 4.30. The summed E-state index contributed by atoms with van der Waals surface area (Å²) in [5, 5.41) is 10.8. The fourth-order valence-electron chi connectivity index (χ4n) is 3.86. The Labute approximate surface area is 194 Å². The zero-order valence-corrected chi connectivity index (χ0v) is 19.1. The van der Waals surface area contributed by atoms with E-state index in [0.29, 0.717) is 28.3 Å². The van der Waals surface area contributed by atoms with Crippen LogP contribution in [0.2, 0.25) is 5.02 Å². The number of aromatic nitrogens is 5. The minimum Gasteiger partial charge on any atom is -0.376 e. The highest BCUT2D eigenvalue weighted by Gasteiger charge is 2.24. The fraction of sp³-hybridized carbons (Fsp3) is 0.304. The molecule has 2 unspecified atom stereocenters. The van der Waals surface area contributed by atoms with E-state index >= 15 is 0 Å². The van der Waals surface area contributed by atoms with Crippen LogP contribution in [0.25, 0.3) is 22.3 Å². The number of para-hydroxylation sites is 1. The molecule has 2 aromatic carbocycles. The molecule has 32 heavy (non-hydrogen) atoms. The quantitative estimate of drug-likeness (QED) is 0.407. The summed E-state index contributed by atoms with van der Waals surface area (Å²) >= 11 is 7.59. The van der Waals surface area contributed by atoms with Crippen LogP contribution in [-0.4, -0.2) is 37.4 Å². The number of rotatable bonds is 6. The molecule has 1 aliphatic rings. The van der Waals surface area contributed by atoms with Gasteiger partial charge in [0.15, 0.2) is 11.0 Å². The van der Waals surface area contributed by atoms with Gasteiger partial charge in [0.25, 0.3) is 5.56 Å². The largest absolute Gasteiger partial charge is 0.376 e. The summed E-state index contributed by atoms with van der Waals surface area (Å²) in [6.07, 6.45) is 2.20. The number of halogens is 1. The average molecular weight is 468 g/mol. The van der Waals surface area contributed by atoms with E-state index in [1.807, 2.05) is 49.4 Å². The van der Waals surface area contributed by atoms with Gasteiger partial charge in [-0.3, -0.25) is 9.36 Å². The van der Waals surface area contributed by atoms with Crippen molar-refractivity contribution in [3.05, 3.63) is 69.7 Å². The molecular formula is C23H22ClN5O2S. The molecule has 4 aromatic rings. The number of nitrogens with one attached hydrogen (secondary N) is 1. The zero-order valence-electron chi connectivity index (χ0n) is 17.5. The second-order valence-corrected chi connectivity index (χ2v) is 9.53. The Morgan fingerprint density at radius 2 is 2.03 bits per heavy atom. The smallest absolute Gasteiger partial charge is 0.258 e. The lowest BCUT2D eigenvalue weighted by atomic mass is 10.2. The van der Waals surface area contributed by atoms with Gasteiger partial charge in [-0.15, -0.1) is 10.2 Å². The Hall–Kier alpha value is -2.68. The van der Waals surface area contributed by atoms with Gasteiger partial charge < -0.3 is 9.72 Å². The Bertz CT molecular complexity index is 1300. The summed E-state index contributed by atoms with van der Waals surface area (Å²) in [6.45, 7) is 3.46. The molecule has 2 aromatic heterocycles. The molecule has 164 valence electrons. The molecule has 1 saturated heterocycles. The van der Waals surface area contributed by atoms with Crippen LogP contribution in [-0.2, 0) is 11.3 Å². The van der Waals surface area contributed by atoms with E-state index in [-0.39, 0.29) is 16.9 Å². The molecule has 0 radical (unpaired) electrons. The summed E-state index contributed by atoms with van der Waals surface area (Å²) in [7, 11) is 0. The van der Waals surface area contributed by atoms with Crippen molar-refractivity contribution in [3.8, 4) is 11.4 Å². The van der Waals surface area contributed by atoms with E-state index in [1.54, 1.807) is 6.07 Å². The van der Waals surface area contributed by atoms with Gasteiger partial charge >= 0.3 is 0 Å². The van der Waals surface area contributed by atoms with Crippen molar-refractivity contribution in [2.45, 2.75) is 42.8 Å². The van der Waals surface area contributed by atoms with Gasteiger partial charge in [-0.2, -0.15) is 0 Å². The summed E-state index contributed by atoms with van der Waals surface area (Å²) < 4.78 is 7.97. The van der Waals surface area contributed by atoms with E-state index in [0.717, 1.165) is 36.0 Å². The number of nitrogens with zero attached hydrogens (tertiary/aromatic N) is 4. The van der Waals surface area contributed by atoms with Crippen LogP contribution in [0.1, 0.15) is 30.8 Å². The second-order valence-electron chi connectivity index (χ2n) is 7.79. The Morgan fingerprint density at radius 3 is 2.81 bits per heavy atom. The number of ether oxygens (including phenoxy) is 1. The lowest BCUT2D eigenvalue weighted by Gasteiger charge is -2.16. The van der Waals surface area contributed by atoms with Crippen LogP contribution in [0.3, 0.4) is 0 Å². The molecule has 7 nitrogen and oxygen atoms in total. The van der Waals surface area contributed by atoms with Gasteiger partial charge in [0.1, 0.15) is 5.82 Å². The Balaban J connectivity index is 1.48. The van der Waals surface area contributed by atoms with Crippen LogP contribution in [0.5, 0.6) is 0 Å². The molecule has 1 N–H and O–H groups in total. The summed E-state index contributed by atoms with van der Waals surface area (Å²) in [4.78, 5) is 20.1. The van der Waals surface area contributed by atoms with Gasteiger partial charge in [0, 0.05) is 17.2 Å². The number of benzene rings is 2. The summed E-state index contributed by atoms with van der Waals surface area (Å²) in [6, 6.07) is 14.9. The van der Waals surface area contributed by atoms with E-state index in [4.69, 9.17) is 16.3 Å². The number of H-pyrrole nitrogens is 1. The molecule has 0 saturated carbocycles. The SMILES string of the molecule is CC(Sc1nnc(-c2ccc(Cl)cc2)n1CC1CCCO1)c1nc2ccccc2c(=O)[nH]1. The summed E-state index contributed by atoms with van der Waals surface area (Å²) in [5.74, 6) is 1.38. The van der Waals surface area contributed by atoms with E-state index in [1.165, 1.54) is 11.8 Å². The van der Waals surface area contributed by atoms with Crippen LogP contribution in [0.15, 0.2) is 58.5 Å².